The van der Waals surface area contributed by atoms with Crippen molar-refractivity contribution in [2.24, 2.45) is 22.7 Å². The van der Waals surface area contributed by atoms with Crippen LogP contribution in [-0.4, -0.2) is 98.6 Å². The summed E-state index contributed by atoms with van der Waals surface area (Å²) in [6.07, 6.45) is 4.17. The Morgan fingerprint density at radius 2 is 0.844 bits per heavy atom. The lowest BCUT2D eigenvalue weighted by Gasteiger charge is -2.41. The van der Waals surface area contributed by atoms with E-state index in [9.17, 15) is 0 Å². The second-order valence-electron chi connectivity index (χ2n) is 14.0. The van der Waals surface area contributed by atoms with Crippen LogP contribution in [-0.2, 0) is 0 Å². The Hall–Kier alpha value is -0.160. The maximum atomic E-state index is 2.55. The van der Waals surface area contributed by atoms with Gasteiger partial charge in [-0.2, -0.15) is 0 Å². The van der Waals surface area contributed by atoms with E-state index in [2.05, 4.69) is 103 Å². The van der Waals surface area contributed by atoms with Crippen LogP contribution in [0.2, 0.25) is 0 Å². The molecule has 3 heterocycles. The SMILES string of the molecule is CN1CCC(C(C)(C)C)C1.CN1CCC(C(C)(C)C)CC1.CN1CCN(C(C)(C)C)CC1. The Kier molecular flexibility index (Phi) is 11.7. The molecule has 0 saturated carbocycles. The molecule has 0 aromatic heterocycles. The van der Waals surface area contributed by atoms with E-state index in [1.54, 1.807) is 0 Å². The molecule has 0 aromatic carbocycles. The normalized spacial score (nSPS) is 25.7. The standard InChI is InChI=1S/C10H21N.C9H20N2.C9H19N/c1-10(2,3)9-5-7-11(4)8-6-9;1-9(2,3)11-7-5-10(4)6-8-11;1-9(2,3)8-5-6-10(4)7-8/h9H,5-8H2,1-4H3;5-8H2,1-4H3;8H,5-7H2,1-4H3. The van der Waals surface area contributed by atoms with Gasteiger partial charge in [0.25, 0.3) is 0 Å². The first-order valence-electron chi connectivity index (χ1n) is 13.3. The Morgan fingerprint density at radius 1 is 0.469 bits per heavy atom. The second-order valence-corrected chi connectivity index (χ2v) is 14.0. The van der Waals surface area contributed by atoms with Crippen molar-refractivity contribution < 1.29 is 0 Å². The molecule has 3 saturated heterocycles. The fraction of sp³-hybridized carbons (Fsp3) is 1.00. The maximum Gasteiger partial charge on any atom is 0.0126 e. The van der Waals surface area contributed by atoms with Crippen LogP contribution in [0.4, 0.5) is 0 Å². The molecular formula is C28H60N4. The highest BCUT2D eigenvalue weighted by molar-refractivity contribution is 4.82. The predicted molar refractivity (Wildman–Crippen MR) is 144 cm³/mol. The van der Waals surface area contributed by atoms with Gasteiger partial charge in [0.2, 0.25) is 0 Å². The van der Waals surface area contributed by atoms with Crippen molar-refractivity contribution in [1.82, 2.24) is 19.6 Å². The fourth-order valence-corrected chi connectivity index (χ4v) is 4.99. The molecule has 0 aliphatic carbocycles. The molecule has 0 N–H and O–H groups in total. The molecule has 192 valence electrons. The number of nitrogens with zero attached hydrogens (tertiary/aromatic N) is 4. The zero-order chi connectivity index (χ0) is 24.7. The molecule has 4 heteroatoms. The summed E-state index contributed by atoms with van der Waals surface area (Å²) in [7, 11) is 6.63. The summed E-state index contributed by atoms with van der Waals surface area (Å²) in [6.45, 7) is 31.1. The third-order valence-corrected chi connectivity index (χ3v) is 8.01. The van der Waals surface area contributed by atoms with Gasteiger partial charge in [-0.25, -0.2) is 0 Å². The number of likely N-dealkylation sites (tertiary alicyclic amines) is 2. The first kappa shape index (κ1) is 29.9. The summed E-state index contributed by atoms with van der Waals surface area (Å²) in [4.78, 5) is 9.80. The number of piperazine rings is 1. The highest BCUT2D eigenvalue weighted by atomic mass is 15.3. The lowest BCUT2D eigenvalue weighted by atomic mass is 9.75. The van der Waals surface area contributed by atoms with Gasteiger partial charge in [0.15, 0.2) is 0 Å². The summed E-state index contributed by atoms with van der Waals surface area (Å²) in [6, 6.07) is 0. The molecule has 0 spiro atoms. The minimum atomic E-state index is 0.362. The van der Waals surface area contributed by atoms with Crippen molar-refractivity contribution in [3.63, 3.8) is 0 Å². The van der Waals surface area contributed by atoms with Crippen LogP contribution >= 0.6 is 0 Å². The van der Waals surface area contributed by atoms with Crippen LogP contribution in [0.1, 0.15) is 81.6 Å². The van der Waals surface area contributed by atoms with E-state index in [1.807, 2.05) is 0 Å². The van der Waals surface area contributed by atoms with Crippen molar-refractivity contribution in [2.45, 2.75) is 87.1 Å². The fourth-order valence-electron chi connectivity index (χ4n) is 4.99. The first-order chi connectivity index (χ1) is 14.5. The number of rotatable bonds is 0. The first-order valence-corrected chi connectivity index (χ1v) is 13.3. The summed E-state index contributed by atoms with van der Waals surface area (Å²) < 4.78 is 0. The van der Waals surface area contributed by atoms with Gasteiger partial charge in [-0.1, -0.05) is 41.5 Å². The maximum absolute atomic E-state index is 2.55. The number of piperidine rings is 1. The van der Waals surface area contributed by atoms with Gasteiger partial charge in [-0.05, 0) is 103 Å². The van der Waals surface area contributed by atoms with Gasteiger partial charge in [0, 0.05) is 38.3 Å². The van der Waals surface area contributed by atoms with Crippen LogP contribution in [0.15, 0.2) is 0 Å². The molecule has 1 atom stereocenters. The molecule has 3 aliphatic rings. The van der Waals surface area contributed by atoms with E-state index in [0.717, 1.165) is 11.8 Å². The molecule has 0 bridgehead atoms. The number of likely N-dealkylation sites (N-methyl/N-ethyl adjacent to an activating group) is 1. The summed E-state index contributed by atoms with van der Waals surface area (Å²) in [5.41, 5.74) is 1.41. The van der Waals surface area contributed by atoms with Crippen LogP contribution in [0.5, 0.6) is 0 Å². The van der Waals surface area contributed by atoms with Crippen molar-refractivity contribution >= 4 is 0 Å². The monoisotopic (exact) mass is 452 g/mol. The van der Waals surface area contributed by atoms with Crippen LogP contribution < -0.4 is 0 Å². The average molecular weight is 453 g/mol. The summed E-state index contributed by atoms with van der Waals surface area (Å²) >= 11 is 0. The third-order valence-electron chi connectivity index (χ3n) is 8.01. The zero-order valence-electron chi connectivity index (χ0n) is 24.2. The summed E-state index contributed by atoms with van der Waals surface area (Å²) in [5.74, 6) is 1.86. The Labute approximate surface area is 203 Å². The van der Waals surface area contributed by atoms with Gasteiger partial charge >= 0.3 is 0 Å². The van der Waals surface area contributed by atoms with E-state index in [-0.39, 0.29) is 0 Å². The van der Waals surface area contributed by atoms with Gasteiger partial charge in [-0.3, -0.25) is 4.90 Å². The van der Waals surface area contributed by atoms with Gasteiger partial charge in [0.05, 0.1) is 0 Å². The lowest BCUT2D eigenvalue weighted by molar-refractivity contribution is 0.0735. The molecule has 3 aliphatic heterocycles. The number of hydrogen-bond acceptors (Lipinski definition) is 4. The Morgan fingerprint density at radius 3 is 1.16 bits per heavy atom. The molecule has 3 fully saturated rings. The van der Waals surface area contributed by atoms with E-state index in [1.165, 1.54) is 71.6 Å². The highest BCUT2D eigenvalue weighted by Crippen LogP contribution is 2.34. The number of hydrogen-bond donors (Lipinski definition) is 0. The predicted octanol–water partition coefficient (Wildman–Crippen LogP) is 5.39. The van der Waals surface area contributed by atoms with Crippen LogP contribution in [0.3, 0.4) is 0 Å². The molecule has 4 nitrogen and oxygen atoms in total. The minimum Gasteiger partial charge on any atom is -0.306 e. The third kappa shape index (κ3) is 11.3. The van der Waals surface area contributed by atoms with Gasteiger partial charge < -0.3 is 14.7 Å². The van der Waals surface area contributed by atoms with Crippen LogP contribution in [0.25, 0.3) is 0 Å². The molecule has 3 rings (SSSR count). The molecule has 0 radical (unpaired) electrons. The van der Waals surface area contributed by atoms with Gasteiger partial charge in [0.1, 0.15) is 0 Å². The molecule has 0 amide bonds. The van der Waals surface area contributed by atoms with Crippen molar-refractivity contribution in [2.75, 3.05) is 73.5 Å². The largest absolute Gasteiger partial charge is 0.306 e. The van der Waals surface area contributed by atoms with E-state index in [0.29, 0.717) is 16.4 Å². The van der Waals surface area contributed by atoms with Crippen molar-refractivity contribution in [3.8, 4) is 0 Å². The lowest BCUT2D eigenvalue weighted by Crippen LogP contribution is -2.52. The smallest absolute Gasteiger partial charge is 0.0126 e. The van der Waals surface area contributed by atoms with E-state index >= 15 is 0 Å². The molecular weight excluding hydrogens is 392 g/mol. The summed E-state index contributed by atoms with van der Waals surface area (Å²) in [5, 5.41) is 0. The van der Waals surface area contributed by atoms with Crippen LogP contribution in [0, 0.1) is 22.7 Å². The second kappa shape index (κ2) is 12.5. The minimum absolute atomic E-state index is 0.362. The van der Waals surface area contributed by atoms with E-state index in [4.69, 9.17) is 0 Å². The zero-order valence-corrected chi connectivity index (χ0v) is 24.2. The topological polar surface area (TPSA) is 13.0 Å². The molecule has 0 aromatic rings. The van der Waals surface area contributed by atoms with E-state index < -0.39 is 0 Å². The quantitative estimate of drug-likeness (QED) is 0.488. The van der Waals surface area contributed by atoms with Gasteiger partial charge in [-0.15, -0.1) is 0 Å². The Bertz CT molecular complexity index is 463. The van der Waals surface area contributed by atoms with Crippen molar-refractivity contribution in [1.29, 1.82) is 0 Å². The highest BCUT2D eigenvalue weighted by Gasteiger charge is 2.30. The molecule has 32 heavy (non-hydrogen) atoms. The molecule has 1 unspecified atom stereocenters. The Balaban J connectivity index is 0.000000240. The average Bonchev–Trinajstić information content (AvgIpc) is 3.09. The van der Waals surface area contributed by atoms with Crippen molar-refractivity contribution in [3.05, 3.63) is 0 Å².